The number of carbonyl (C=O) groups excluding carboxylic acids is 2. The fraction of sp³-hybridized carbons (Fsp3) is 0.846. The van der Waals surface area contributed by atoms with Crippen LogP contribution in [0.15, 0.2) is 0 Å². The van der Waals surface area contributed by atoms with Crippen molar-refractivity contribution in [2.75, 3.05) is 12.9 Å². The van der Waals surface area contributed by atoms with E-state index in [1.54, 1.807) is 20.8 Å². The van der Waals surface area contributed by atoms with Crippen molar-refractivity contribution < 1.29 is 31.7 Å². The lowest BCUT2D eigenvalue weighted by atomic mass is 9.95. The van der Waals surface area contributed by atoms with Crippen molar-refractivity contribution in [2.45, 2.75) is 51.7 Å². The van der Waals surface area contributed by atoms with Crippen LogP contribution in [0.1, 0.15) is 40.0 Å². The molecule has 0 unspecified atom stereocenters. The molecule has 0 aromatic heterocycles. The lowest BCUT2D eigenvalue weighted by Gasteiger charge is -2.28. The second-order valence-corrected chi connectivity index (χ2v) is 7.74. The first-order valence-electron chi connectivity index (χ1n) is 6.73. The topological polar surface area (TPSA) is 96.0 Å². The molecule has 0 bridgehead atoms. The number of ether oxygens (including phenoxy) is 2. The van der Waals surface area contributed by atoms with Crippen LogP contribution >= 0.6 is 0 Å². The van der Waals surface area contributed by atoms with Crippen LogP contribution in [0.2, 0.25) is 0 Å². The van der Waals surface area contributed by atoms with Gasteiger partial charge in [-0.3, -0.25) is 4.79 Å². The molecular formula is C13H22O7S. The number of hydrogen-bond donors (Lipinski definition) is 0. The first-order chi connectivity index (χ1) is 9.46. The summed E-state index contributed by atoms with van der Waals surface area (Å²) >= 11 is 0. The summed E-state index contributed by atoms with van der Waals surface area (Å²) in [6.45, 7) is 5.57. The van der Waals surface area contributed by atoms with Crippen LogP contribution in [0, 0.1) is 5.92 Å². The second kappa shape index (κ2) is 6.74. The first-order valence-corrected chi connectivity index (χ1v) is 8.54. The predicted octanol–water partition coefficient (Wildman–Crippen LogP) is 1.02. The second-order valence-electron chi connectivity index (χ2n) is 6.16. The Morgan fingerprint density at radius 1 is 1.24 bits per heavy atom. The van der Waals surface area contributed by atoms with E-state index >= 15 is 0 Å². The molecule has 0 aromatic rings. The van der Waals surface area contributed by atoms with Gasteiger partial charge in [0.05, 0.1) is 19.3 Å². The molecule has 0 N–H and O–H groups in total. The van der Waals surface area contributed by atoms with Crippen molar-refractivity contribution >= 4 is 22.1 Å². The van der Waals surface area contributed by atoms with E-state index in [2.05, 4.69) is 4.18 Å². The molecule has 1 saturated heterocycles. The molecule has 0 amide bonds. The monoisotopic (exact) mass is 322 g/mol. The maximum Gasteiger partial charge on any atom is 0.350 e. The van der Waals surface area contributed by atoms with E-state index in [-0.39, 0.29) is 24.9 Å². The zero-order chi connectivity index (χ0) is 16.3. The molecule has 122 valence electrons. The van der Waals surface area contributed by atoms with Crippen LogP contribution < -0.4 is 0 Å². The normalized spacial score (nSPS) is 23.4. The summed E-state index contributed by atoms with van der Waals surface area (Å²) in [5.41, 5.74) is -0.533. The zero-order valence-electron chi connectivity index (χ0n) is 12.7. The summed E-state index contributed by atoms with van der Waals surface area (Å²) in [5.74, 6) is -1.26. The molecule has 1 aliphatic heterocycles. The highest BCUT2D eigenvalue weighted by Crippen LogP contribution is 2.24. The van der Waals surface area contributed by atoms with Crippen LogP contribution in [0.5, 0.6) is 0 Å². The van der Waals surface area contributed by atoms with Gasteiger partial charge in [0.15, 0.2) is 6.10 Å². The summed E-state index contributed by atoms with van der Waals surface area (Å²) < 4.78 is 36.5. The van der Waals surface area contributed by atoms with E-state index in [0.29, 0.717) is 12.8 Å². The van der Waals surface area contributed by atoms with E-state index in [4.69, 9.17) is 9.47 Å². The third-order valence-corrected chi connectivity index (χ3v) is 3.21. The molecule has 8 heteroatoms. The van der Waals surface area contributed by atoms with Crippen molar-refractivity contribution in [1.82, 2.24) is 0 Å². The highest BCUT2D eigenvalue weighted by atomic mass is 32.2. The molecule has 2 atom stereocenters. The quantitative estimate of drug-likeness (QED) is 0.563. The Kier molecular flexibility index (Phi) is 5.75. The van der Waals surface area contributed by atoms with Gasteiger partial charge in [-0.15, -0.1) is 0 Å². The molecular weight excluding hydrogens is 300 g/mol. The van der Waals surface area contributed by atoms with E-state index < -0.39 is 27.8 Å². The average molecular weight is 322 g/mol. The maximum absolute atomic E-state index is 11.7. The molecule has 21 heavy (non-hydrogen) atoms. The molecule has 1 rings (SSSR count). The smallest absolute Gasteiger partial charge is 0.350 e. The fourth-order valence-electron chi connectivity index (χ4n) is 1.97. The maximum atomic E-state index is 11.7. The summed E-state index contributed by atoms with van der Waals surface area (Å²) in [4.78, 5) is 23.2. The summed E-state index contributed by atoms with van der Waals surface area (Å²) in [7, 11) is -3.83. The largest absolute Gasteiger partial charge is 0.460 e. The Balaban J connectivity index is 2.39. The lowest BCUT2D eigenvalue weighted by Crippen LogP contribution is -2.36. The van der Waals surface area contributed by atoms with Crippen molar-refractivity contribution in [3.63, 3.8) is 0 Å². The SMILES string of the molecule is CC(C)(C)OC(=O)C[C@@H]1CC[C@@H](C(=O)OS(C)(=O)=O)OC1. The lowest BCUT2D eigenvalue weighted by molar-refractivity contribution is -0.159. The van der Waals surface area contributed by atoms with Crippen LogP contribution in [0.25, 0.3) is 0 Å². The van der Waals surface area contributed by atoms with Crippen molar-refractivity contribution in [3.05, 3.63) is 0 Å². The van der Waals surface area contributed by atoms with E-state index in [1.807, 2.05) is 0 Å². The van der Waals surface area contributed by atoms with Crippen LogP contribution in [-0.4, -0.2) is 44.9 Å². The molecule has 1 aliphatic rings. The molecule has 1 heterocycles. The highest BCUT2D eigenvalue weighted by Gasteiger charge is 2.31. The summed E-state index contributed by atoms with van der Waals surface area (Å²) in [6, 6.07) is 0. The van der Waals surface area contributed by atoms with Gasteiger partial charge in [0.25, 0.3) is 0 Å². The molecule has 7 nitrogen and oxygen atoms in total. The highest BCUT2D eigenvalue weighted by molar-refractivity contribution is 7.86. The summed E-state index contributed by atoms with van der Waals surface area (Å²) in [5, 5.41) is 0. The number of esters is 1. The Labute approximate surface area is 125 Å². The minimum atomic E-state index is -3.83. The van der Waals surface area contributed by atoms with Crippen molar-refractivity contribution in [3.8, 4) is 0 Å². The third-order valence-electron chi connectivity index (χ3n) is 2.74. The molecule has 0 aliphatic carbocycles. The molecule has 0 spiro atoms. The van der Waals surface area contributed by atoms with Gasteiger partial charge in [0.1, 0.15) is 5.60 Å². The predicted molar refractivity (Wildman–Crippen MR) is 73.9 cm³/mol. The molecule has 0 saturated carbocycles. The average Bonchev–Trinajstić information content (AvgIpc) is 2.24. The van der Waals surface area contributed by atoms with E-state index in [1.165, 1.54) is 0 Å². The van der Waals surface area contributed by atoms with Gasteiger partial charge in [-0.1, -0.05) is 0 Å². The van der Waals surface area contributed by atoms with Gasteiger partial charge in [-0.05, 0) is 39.5 Å². The minimum absolute atomic E-state index is 0.0397. The Bertz CT molecular complexity index is 481. The zero-order valence-corrected chi connectivity index (χ0v) is 13.6. The minimum Gasteiger partial charge on any atom is -0.460 e. The Morgan fingerprint density at radius 3 is 2.29 bits per heavy atom. The number of hydrogen-bond acceptors (Lipinski definition) is 7. The van der Waals surface area contributed by atoms with Gasteiger partial charge in [-0.2, -0.15) is 8.42 Å². The third kappa shape index (κ3) is 7.42. The van der Waals surface area contributed by atoms with Crippen LogP contribution in [0.3, 0.4) is 0 Å². The fourth-order valence-corrected chi connectivity index (χ4v) is 2.38. The van der Waals surface area contributed by atoms with Crippen molar-refractivity contribution in [2.24, 2.45) is 5.92 Å². The first kappa shape index (κ1) is 17.9. The van der Waals surface area contributed by atoms with Crippen LogP contribution in [-0.2, 0) is 33.4 Å². The van der Waals surface area contributed by atoms with Gasteiger partial charge < -0.3 is 13.7 Å². The summed E-state index contributed by atoms with van der Waals surface area (Å²) in [6.07, 6.45) is 1.02. The van der Waals surface area contributed by atoms with Gasteiger partial charge >= 0.3 is 22.1 Å². The van der Waals surface area contributed by atoms with E-state index in [9.17, 15) is 18.0 Å². The van der Waals surface area contributed by atoms with Gasteiger partial charge in [-0.25, -0.2) is 4.79 Å². The molecule has 0 aromatic carbocycles. The van der Waals surface area contributed by atoms with Crippen molar-refractivity contribution in [1.29, 1.82) is 0 Å². The van der Waals surface area contributed by atoms with Crippen LogP contribution in [0.4, 0.5) is 0 Å². The molecule has 0 radical (unpaired) electrons. The Morgan fingerprint density at radius 2 is 1.86 bits per heavy atom. The number of rotatable bonds is 4. The Hall–Kier alpha value is -1.15. The van der Waals surface area contributed by atoms with Gasteiger partial charge in [0.2, 0.25) is 0 Å². The van der Waals surface area contributed by atoms with Gasteiger partial charge in [0, 0.05) is 0 Å². The molecule has 1 fully saturated rings. The standard InChI is InChI=1S/C13H22O7S/c1-13(2,3)19-11(14)7-9-5-6-10(18-8-9)12(15)20-21(4,16)17/h9-10H,5-8H2,1-4H3/t9-,10-/m0/s1. The number of carbonyl (C=O) groups is 2. The van der Waals surface area contributed by atoms with E-state index in [0.717, 1.165) is 6.26 Å².